The van der Waals surface area contributed by atoms with Gasteiger partial charge in [0.15, 0.2) is 12.0 Å². The molecule has 1 aromatic heterocycles. The smallest absolute Gasteiger partial charge is 0.408 e. The highest BCUT2D eigenvalue weighted by Crippen LogP contribution is 2.21. The SMILES string of the molecule is CC(C)C(NC(=O)OC(C)(C)C)c1ncc(C=O)o1. The van der Waals surface area contributed by atoms with Crippen molar-refractivity contribution in [3.05, 3.63) is 17.8 Å². The number of aromatic nitrogens is 1. The molecule has 0 bridgehead atoms. The summed E-state index contributed by atoms with van der Waals surface area (Å²) in [6.07, 6.45) is 1.35. The van der Waals surface area contributed by atoms with Crippen LogP contribution in [0, 0.1) is 5.92 Å². The number of hydrogen-bond donors (Lipinski definition) is 1. The van der Waals surface area contributed by atoms with Crippen molar-refractivity contribution in [1.82, 2.24) is 10.3 Å². The Morgan fingerprint density at radius 1 is 1.47 bits per heavy atom. The van der Waals surface area contributed by atoms with Crippen molar-refractivity contribution in [3.63, 3.8) is 0 Å². The number of nitrogens with zero attached hydrogens (tertiary/aromatic N) is 1. The largest absolute Gasteiger partial charge is 0.444 e. The van der Waals surface area contributed by atoms with Gasteiger partial charge in [-0.1, -0.05) is 13.8 Å². The minimum Gasteiger partial charge on any atom is -0.444 e. The molecule has 0 saturated heterocycles. The summed E-state index contributed by atoms with van der Waals surface area (Å²) in [6, 6.07) is -0.441. The van der Waals surface area contributed by atoms with Crippen LogP contribution in [0.4, 0.5) is 4.79 Å². The summed E-state index contributed by atoms with van der Waals surface area (Å²) >= 11 is 0. The Bertz CT molecular complexity index is 446. The molecule has 0 radical (unpaired) electrons. The zero-order chi connectivity index (χ0) is 14.6. The summed E-state index contributed by atoms with van der Waals surface area (Å²) in [5, 5.41) is 2.69. The third kappa shape index (κ3) is 4.73. The molecule has 1 amide bonds. The molecule has 6 nitrogen and oxygen atoms in total. The average molecular weight is 268 g/mol. The van der Waals surface area contributed by atoms with Gasteiger partial charge in [0.1, 0.15) is 11.6 Å². The van der Waals surface area contributed by atoms with E-state index in [2.05, 4.69) is 10.3 Å². The van der Waals surface area contributed by atoms with Crippen molar-refractivity contribution in [2.45, 2.75) is 46.3 Å². The maximum absolute atomic E-state index is 11.8. The van der Waals surface area contributed by atoms with E-state index in [9.17, 15) is 9.59 Å². The Kier molecular flexibility index (Phi) is 4.69. The van der Waals surface area contributed by atoms with E-state index in [0.717, 1.165) is 0 Å². The molecular formula is C13H20N2O4. The van der Waals surface area contributed by atoms with E-state index in [1.165, 1.54) is 6.20 Å². The molecule has 0 fully saturated rings. The van der Waals surface area contributed by atoms with E-state index < -0.39 is 17.7 Å². The first-order valence-electron chi connectivity index (χ1n) is 6.13. The Morgan fingerprint density at radius 2 is 2.11 bits per heavy atom. The van der Waals surface area contributed by atoms with Crippen LogP contribution in [0.3, 0.4) is 0 Å². The van der Waals surface area contributed by atoms with Gasteiger partial charge < -0.3 is 14.5 Å². The van der Waals surface area contributed by atoms with E-state index in [0.29, 0.717) is 12.2 Å². The lowest BCUT2D eigenvalue weighted by Crippen LogP contribution is -2.37. The van der Waals surface area contributed by atoms with Gasteiger partial charge in [-0.15, -0.1) is 0 Å². The maximum atomic E-state index is 11.8. The number of oxazole rings is 1. The molecule has 1 rings (SSSR count). The van der Waals surface area contributed by atoms with E-state index in [4.69, 9.17) is 9.15 Å². The number of rotatable bonds is 4. The van der Waals surface area contributed by atoms with Crippen LogP contribution in [0.15, 0.2) is 10.6 Å². The van der Waals surface area contributed by atoms with Gasteiger partial charge in [-0.3, -0.25) is 4.79 Å². The highest BCUT2D eigenvalue weighted by Gasteiger charge is 2.26. The molecule has 0 aliphatic heterocycles. The number of aldehydes is 1. The monoisotopic (exact) mass is 268 g/mol. The third-order valence-electron chi connectivity index (χ3n) is 2.26. The molecule has 0 aliphatic carbocycles. The van der Waals surface area contributed by atoms with Crippen LogP contribution in [-0.4, -0.2) is 23.0 Å². The summed E-state index contributed by atoms with van der Waals surface area (Å²) in [6.45, 7) is 9.17. The third-order valence-corrected chi connectivity index (χ3v) is 2.26. The van der Waals surface area contributed by atoms with E-state index in [-0.39, 0.29) is 11.7 Å². The predicted octanol–water partition coefficient (Wildman–Crippen LogP) is 2.71. The van der Waals surface area contributed by atoms with Gasteiger partial charge in [-0.05, 0) is 26.7 Å². The van der Waals surface area contributed by atoms with Gasteiger partial charge in [0.2, 0.25) is 5.89 Å². The molecule has 1 unspecified atom stereocenters. The van der Waals surface area contributed by atoms with Crippen LogP contribution in [0.2, 0.25) is 0 Å². The van der Waals surface area contributed by atoms with Gasteiger partial charge in [-0.2, -0.15) is 0 Å². The lowest BCUT2D eigenvalue weighted by molar-refractivity contribution is 0.0479. The number of carbonyl (C=O) groups is 2. The van der Waals surface area contributed by atoms with Crippen LogP contribution >= 0.6 is 0 Å². The van der Waals surface area contributed by atoms with E-state index >= 15 is 0 Å². The Hall–Kier alpha value is -1.85. The number of ether oxygens (including phenoxy) is 1. The van der Waals surface area contributed by atoms with Crippen LogP contribution in [-0.2, 0) is 4.74 Å². The van der Waals surface area contributed by atoms with Crippen molar-refractivity contribution in [3.8, 4) is 0 Å². The number of hydrogen-bond acceptors (Lipinski definition) is 5. The van der Waals surface area contributed by atoms with E-state index in [1.807, 2.05) is 13.8 Å². The fourth-order valence-electron chi connectivity index (χ4n) is 1.45. The molecule has 0 saturated carbocycles. The molecule has 1 heterocycles. The van der Waals surface area contributed by atoms with Crippen molar-refractivity contribution in [1.29, 1.82) is 0 Å². The average Bonchev–Trinajstić information content (AvgIpc) is 2.71. The van der Waals surface area contributed by atoms with Gasteiger partial charge in [-0.25, -0.2) is 9.78 Å². The second-order valence-electron chi connectivity index (χ2n) is 5.59. The topological polar surface area (TPSA) is 81.4 Å². The molecule has 6 heteroatoms. The first-order valence-corrected chi connectivity index (χ1v) is 6.13. The van der Waals surface area contributed by atoms with Crippen LogP contribution < -0.4 is 5.32 Å². The summed E-state index contributed by atoms with van der Waals surface area (Å²) in [5.74, 6) is 0.472. The molecule has 106 valence electrons. The normalized spacial score (nSPS) is 13.2. The number of alkyl carbamates (subject to hydrolysis) is 1. The zero-order valence-corrected chi connectivity index (χ0v) is 11.9. The summed E-state index contributed by atoms with van der Waals surface area (Å²) < 4.78 is 10.4. The fourth-order valence-corrected chi connectivity index (χ4v) is 1.45. The molecule has 1 aromatic rings. The quantitative estimate of drug-likeness (QED) is 0.849. The fraction of sp³-hybridized carbons (Fsp3) is 0.615. The van der Waals surface area contributed by atoms with Crippen LogP contribution in [0.5, 0.6) is 0 Å². The lowest BCUT2D eigenvalue weighted by atomic mass is 10.1. The van der Waals surface area contributed by atoms with Gasteiger partial charge in [0.05, 0.1) is 6.20 Å². The molecule has 1 atom stereocenters. The van der Waals surface area contributed by atoms with Gasteiger partial charge in [0, 0.05) is 0 Å². The Labute approximate surface area is 112 Å². The summed E-state index contributed by atoms with van der Waals surface area (Å²) in [4.78, 5) is 26.3. The highest BCUT2D eigenvalue weighted by molar-refractivity contribution is 5.70. The molecule has 0 aromatic carbocycles. The standard InChI is InChI=1S/C13H20N2O4/c1-8(2)10(11-14-6-9(7-16)18-11)15-12(17)19-13(3,4)5/h6-8,10H,1-5H3,(H,15,17). The first kappa shape index (κ1) is 15.2. The minimum absolute atomic E-state index is 0.0469. The summed E-state index contributed by atoms with van der Waals surface area (Å²) in [7, 11) is 0. The molecule has 19 heavy (non-hydrogen) atoms. The van der Waals surface area contributed by atoms with E-state index in [1.54, 1.807) is 20.8 Å². The van der Waals surface area contributed by atoms with Crippen molar-refractivity contribution in [2.24, 2.45) is 5.92 Å². The number of amides is 1. The second kappa shape index (κ2) is 5.86. The summed E-state index contributed by atoms with van der Waals surface area (Å²) in [5.41, 5.74) is -0.573. The number of nitrogens with one attached hydrogen (secondary N) is 1. The van der Waals surface area contributed by atoms with Crippen molar-refractivity contribution >= 4 is 12.4 Å². The zero-order valence-electron chi connectivity index (χ0n) is 11.9. The van der Waals surface area contributed by atoms with Crippen molar-refractivity contribution < 1.29 is 18.7 Å². The minimum atomic E-state index is -0.573. The van der Waals surface area contributed by atoms with Crippen molar-refractivity contribution in [2.75, 3.05) is 0 Å². The van der Waals surface area contributed by atoms with Gasteiger partial charge >= 0.3 is 6.09 Å². The lowest BCUT2D eigenvalue weighted by Gasteiger charge is -2.24. The van der Waals surface area contributed by atoms with Crippen LogP contribution in [0.1, 0.15) is 57.1 Å². The Balaban J connectivity index is 2.79. The molecule has 1 N–H and O–H groups in total. The first-order chi connectivity index (χ1) is 8.73. The second-order valence-corrected chi connectivity index (χ2v) is 5.59. The highest BCUT2D eigenvalue weighted by atomic mass is 16.6. The maximum Gasteiger partial charge on any atom is 0.408 e. The molecular weight excluding hydrogens is 248 g/mol. The molecule has 0 spiro atoms. The predicted molar refractivity (Wildman–Crippen MR) is 68.8 cm³/mol. The van der Waals surface area contributed by atoms with Gasteiger partial charge in [0.25, 0.3) is 0 Å². The van der Waals surface area contributed by atoms with Crippen LogP contribution in [0.25, 0.3) is 0 Å². The molecule has 0 aliphatic rings. The Morgan fingerprint density at radius 3 is 2.53 bits per heavy atom. The number of carbonyl (C=O) groups excluding carboxylic acids is 2.